The average Bonchev–Trinajstić information content (AvgIpc) is 3.22. The number of amides is 1. The SMILES string of the molecule is O=C(c1ccc(Cl)cc1)c1ccc(OCC(=O)N2CCCN(c3nccs3)CC2)cc1. The highest BCUT2D eigenvalue weighted by molar-refractivity contribution is 7.13. The first-order valence-electron chi connectivity index (χ1n) is 10.1. The van der Waals surface area contributed by atoms with Crippen molar-refractivity contribution in [1.29, 1.82) is 0 Å². The Morgan fingerprint density at radius 3 is 2.35 bits per heavy atom. The number of carbonyl (C=O) groups is 2. The van der Waals surface area contributed by atoms with Crippen LogP contribution in [-0.2, 0) is 4.79 Å². The van der Waals surface area contributed by atoms with Gasteiger partial charge in [-0.2, -0.15) is 0 Å². The fraction of sp³-hybridized carbons (Fsp3) is 0.261. The average molecular weight is 456 g/mol. The van der Waals surface area contributed by atoms with Gasteiger partial charge in [0.25, 0.3) is 5.91 Å². The third-order valence-corrected chi connectivity index (χ3v) is 6.21. The summed E-state index contributed by atoms with van der Waals surface area (Å²) in [5, 5.41) is 3.55. The zero-order valence-electron chi connectivity index (χ0n) is 16.9. The lowest BCUT2D eigenvalue weighted by molar-refractivity contribution is -0.133. The molecule has 6 nitrogen and oxygen atoms in total. The van der Waals surface area contributed by atoms with E-state index < -0.39 is 0 Å². The Kier molecular flexibility index (Phi) is 6.84. The van der Waals surface area contributed by atoms with Crippen molar-refractivity contribution in [3.05, 3.63) is 76.3 Å². The minimum atomic E-state index is -0.0892. The molecule has 0 bridgehead atoms. The summed E-state index contributed by atoms with van der Waals surface area (Å²) in [7, 11) is 0. The molecule has 2 heterocycles. The zero-order valence-corrected chi connectivity index (χ0v) is 18.4. The van der Waals surface area contributed by atoms with Crippen LogP contribution in [0.25, 0.3) is 0 Å². The summed E-state index contributed by atoms with van der Waals surface area (Å²) in [5.74, 6) is 0.427. The number of benzene rings is 2. The molecule has 0 N–H and O–H groups in total. The van der Waals surface area contributed by atoms with Crippen molar-refractivity contribution in [2.75, 3.05) is 37.7 Å². The normalized spacial score (nSPS) is 14.2. The fourth-order valence-electron chi connectivity index (χ4n) is 3.44. The third kappa shape index (κ3) is 5.42. The van der Waals surface area contributed by atoms with E-state index in [2.05, 4.69) is 9.88 Å². The van der Waals surface area contributed by atoms with Crippen molar-refractivity contribution in [1.82, 2.24) is 9.88 Å². The number of halogens is 1. The van der Waals surface area contributed by atoms with Crippen LogP contribution in [0.2, 0.25) is 5.02 Å². The largest absolute Gasteiger partial charge is 0.484 e. The number of anilines is 1. The van der Waals surface area contributed by atoms with E-state index in [9.17, 15) is 9.59 Å². The molecule has 31 heavy (non-hydrogen) atoms. The van der Waals surface area contributed by atoms with Gasteiger partial charge in [0.15, 0.2) is 17.5 Å². The lowest BCUT2D eigenvalue weighted by Crippen LogP contribution is -2.38. The molecule has 8 heteroatoms. The molecule has 1 aromatic heterocycles. The molecule has 1 saturated heterocycles. The van der Waals surface area contributed by atoms with Crippen LogP contribution in [0, 0.1) is 0 Å². The molecule has 1 amide bonds. The van der Waals surface area contributed by atoms with E-state index in [0.717, 1.165) is 24.6 Å². The number of ketones is 1. The van der Waals surface area contributed by atoms with Gasteiger partial charge in [0.1, 0.15) is 5.75 Å². The van der Waals surface area contributed by atoms with Crippen LogP contribution in [-0.4, -0.2) is 54.4 Å². The van der Waals surface area contributed by atoms with E-state index in [1.165, 1.54) is 0 Å². The molecule has 160 valence electrons. The van der Waals surface area contributed by atoms with Gasteiger partial charge in [0, 0.05) is 53.9 Å². The number of nitrogens with zero attached hydrogens (tertiary/aromatic N) is 3. The first-order chi connectivity index (χ1) is 15.1. The number of hydrogen-bond donors (Lipinski definition) is 0. The molecule has 1 aliphatic rings. The maximum Gasteiger partial charge on any atom is 0.260 e. The Bertz CT molecular complexity index is 1020. The van der Waals surface area contributed by atoms with Crippen molar-refractivity contribution in [2.45, 2.75) is 6.42 Å². The van der Waals surface area contributed by atoms with Crippen LogP contribution < -0.4 is 9.64 Å². The molecule has 1 fully saturated rings. The van der Waals surface area contributed by atoms with Crippen LogP contribution in [0.3, 0.4) is 0 Å². The van der Waals surface area contributed by atoms with E-state index >= 15 is 0 Å². The highest BCUT2D eigenvalue weighted by Crippen LogP contribution is 2.20. The summed E-state index contributed by atoms with van der Waals surface area (Å²) in [4.78, 5) is 33.6. The van der Waals surface area contributed by atoms with Gasteiger partial charge >= 0.3 is 0 Å². The van der Waals surface area contributed by atoms with Gasteiger partial charge in [-0.15, -0.1) is 11.3 Å². The van der Waals surface area contributed by atoms with Crippen LogP contribution in [0.1, 0.15) is 22.3 Å². The maximum absolute atomic E-state index is 12.6. The molecule has 0 spiro atoms. The molecular weight excluding hydrogens is 434 g/mol. The summed E-state index contributed by atoms with van der Waals surface area (Å²) in [6, 6.07) is 13.6. The van der Waals surface area contributed by atoms with E-state index in [4.69, 9.17) is 16.3 Å². The minimum absolute atomic E-state index is 0.0261. The van der Waals surface area contributed by atoms with E-state index in [1.807, 2.05) is 10.3 Å². The smallest absolute Gasteiger partial charge is 0.260 e. The summed E-state index contributed by atoms with van der Waals surface area (Å²) in [6.07, 6.45) is 2.70. The zero-order chi connectivity index (χ0) is 21.6. The van der Waals surface area contributed by atoms with Crippen molar-refractivity contribution in [2.24, 2.45) is 0 Å². The van der Waals surface area contributed by atoms with Gasteiger partial charge < -0.3 is 14.5 Å². The highest BCUT2D eigenvalue weighted by Gasteiger charge is 2.20. The topological polar surface area (TPSA) is 62.7 Å². The lowest BCUT2D eigenvalue weighted by atomic mass is 10.0. The van der Waals surface area contributed by atoms with E-state index in [0.29, 0.717) is 35.0 Å². The summed E-state index contributed by atoms with van der Waals surface area (Å²) >= 11 is 7.49. The quantitative estimate of drug-likeness (QED) is 0.522. The van der Waals surface area contributed by atoms with Gasteiger partial charge in [-0.3, -0.25) is 9.59 Å². The molecule has 0 radical (unpaired) electrons. The monoisotopic (exact) mass is 455 g/mol. The first-order valence-corrected chi connectivity index (χ1v) is 11.3. The number of carbonyl (C=O) groups excluding carboxylic acids is 2. The number of thiazole rings is 1. The summed E-state index contributed by atoms with van der Waals surface area (Å²) < 4.78 is 5.67. The van der Waals surface area contributed by atoms with Crippen molar-refractivity contribution < 1.29 is 14.3 Å². The summed E-state index contributed by atoms with van der Waals surface area (Å²) in [6.45, 7) is 2.98. The maximum atomic E-state index is 12.6. The standard InChI is InChI=1S/C23H22ClN3O3S/c24-19-6-2-17(3-7-19)22(29)18-4-8-20(9-5-18)30-16-21(28)26-11-1-12-27(14-13-26)23-25-10-15-31-23/h2-10,15H,1,11-14,16H2. The van der Waals surface area contributed by atoms with Crippen molar-refractivity contribution in [3.63, 3.8) is 0 Å². The summed E-state index contributed by atoms with van der Waals surface area (Å²) in [5.41, 5.74) is 1.12. The molecule has 1 aliphatic heterocycles. The Labute approximate surface area is 190 Å². The van der Waals surface area contributed by atoms with Crippen molar-refractivity contribution in [3.8, 4) is 5.75 Å². The predicted molar refractivity (Wildman–Crippen MR) is 122 cm³/mol. The number of hydrogen-bond acceptors (Lipinski definition) is 6. The second-order valence-corrected chi connectivity index (χ2v) is 8.49. The second-order valence-electron chi connectivity index (χ2n) is 7.19. The Balaban J connectivity index is 1.29. The van der Waals surface area contributed by atoms with Gasteiger partial charge in [0.2, 0.25) is 0 Å². The molecule has 3 aromatic rings. The number of rotatable bonds is 6. The van der Waals surface area contributed by atoms with Gasteiger partial charge in [-0.1, -0.05) is 11.6 Å². The Hall–Kier alpha value is -2.90. The molecule has 0 saturated carbocycles. The molecule has 0 atom stereocenters. The second kappa shape index (κ2) is 9.94. The minimum Gasteiger partial charge on any atom is -0.484 e. The van der Waals surface area contributed by atoms with E-state index in [1.54, 1.807) is 66.1 Å². The third-order valence-electron chi connectivity index (χ3n) is 5.12. The Morgan fingerprint density at radius 2 is 1.68 bits per heavy atom. The lowest BCUT2D eigenvalue weighted by Gasteiger charge is -2.21. The molecule has 2 aromatic carbocycles. The van der Waals surface area contributed by atoms with Gasteiger partial charge in [0.05, 0.1) is 0 Å². The molecule has 4 rings (SSSR count). The molecule has 0 aliphatic carbocycles. The van der Waals surface area contributed by atoms with E-state index in [-0.39, 0.29) is 18.3 Å². The van der Waals surface area contributed by atoms with Crippen LogP contribution >= 0.6 is 22.9 Å². The number of aromatic nitrogens is 1. The van der Waals surface area contributed by atoms with Gasteiger partial charge in [-0.05, 0) is 55.0 Å². The predicted octanol–water partition coefficient (Wildman–Crippen LogP) is 4.15. The highest BCUT2D eigenvalue weighted by atomic mass is 35.5. The number of ether oxygens (including phenoxy) is 1. The first kappa shape index (κ1) is 21.3. The van der Waals surface area contributed by atoms with Gasteiger partial charge in [-0.25, -0.2) is 4.98 Å². The van der Waals surface area contributed by atoms with Crippen molar-refractivity contribution >= 4 is 39.8 Å². The molecular formula is C23H22ClN3O3S. The van der Waals surface area contributed by atoms with Crippen LogP contribution in [0.4, 0.5) is 5.13 Å². The molecule has 0 unspecified atom stereocenters. The fourth-order valence-corrected chi connectivity index (χ4v) is 4.26. The Morgan fingerprint density at radius 1 is 0.968 bits per heavy atom. The van der Waals surface area contributed by atoms with Crippen LogP contribution in [0.5, 0.6) is 5.75 Å². The van der Waals surface area contributed by atoms with Crippen LogP contribution in [0.15, 0.2) is 60.1 Å².